The number of aromatic nitrogens is 4. The van der Waals surface area contributed by atoms with Crippen LogP contribution in [0.25, 0.3) is 27.5 Å². The Bertz CT molecular complexity index is 1320. The van der Waals surface area contributed by atoms with Crippen LogP contribution in [0.4, 0.5) is 0 Å². The summed E-state index contributed by atoms with van der Waals surface area (Å²) in [5.74, 6) is 0. The zero-order valence-corrected chi connectivity index (χ0v) is 14.5. The van der Waals surface area contributed by atoms with Gasteiger partial charge in [-0.1, -0.05) is 42.5 Å². The van der Waals surface area contributed by atoms with Gasteiger partial charge in [-0.05, 0) is 34.9 Å². The summed E-state index contributed by atoms with van der Waals surface area (Å²) in [6.07, 6.45) is 7.31. The van der Waals surface area contributed by atoms with Crippen molar-refractivity contribution in [2.24, 2.45) is 0 Å². The van der Waals surface area contributed by atoms with E-state index in [1.165, 1.54) is 0 Å². The van der Waals surface area contributed by atoms with Crippen LogP contribution in [0.3, 0.4) is 0 Å². The minimum absolute atomic E-state index is 0.0183. The molecule has 0 bridgehead atoms. The molecule has 0 saturated heterocycles. The Labute approximate surface area is 155 Å². The zero-order valence-electron chi connectivity index (χ0n) is 14.5. The van der Waals surface area contributed by atoms with E-state index in [0.717, 1.165) is 27.7 Å². The van der Waals surface area contributed by atoms with Crippen molar-refractivity contribution >= 4 is 16.4 Å². The van der Waals surface area contributed by atoms with E-state index in [9.17, 15) is 4.79 Å². The Hall–Kier alpha value is -3.73. The van der Waals surface area contributed by atoms with Crippen LogP contribution in [0.2, 0.25) is 0 Å². The summed E-state index contributed by atoms with van der Waals surface area (Å²) in [7, 11) is 0. The SMILES string of the molecule is O=c1c2ccccc2ncn1Cc1ccc(-c2ccc3cncn3c2)cc1. The van der Waals surface area contributed by atoms with Gasteiger partial charge in [0.1, 0.15) is 0 Å². The number of para-hydroxylation sites is 1. The van der Waals surface area contributed by atoms with Gasteiger partial charge in [0.05, 0.1) is 41.8 Å². The van der Waals surface area contributed by atoms with Crippen LogP contribution in [-0.4, -0.2) is 18.9 Å². The van der Waals surface area contributed by atoms with Gasteiger partial charge in [0, 0.05) is 6.20 Å². The van der Waals surface area contributed by atoms with Gasteiger partial charge in [-0.15, -0.1) is 0 Å². The summed E-state index contributed by atoms with van der Waals surface area (Å²) < 4.78 is 3.65. The molecule has 0 N–H and O–H groups in total. The normalized spacial score (nSPS) is 11.3. The van der Waals surface area contributed by atoms with Crippen LogP contribution in [0.1, 0.15) is 5.56 Å². The van der Waals surface area contributed by atoms with Crippen molar-refractivity contribution in [3.05, 3.63) is 102 Å². The molecule has 5 heteroatoms. The van der Waals surface area contributed by atoms with E-state index in [4.69, 9.17) is 0 Å². The molecule has 0 aliphatic carbocycles. The minimum atomic E-state index is -0.0183. The molecule has 27 heavy (non-hydrogen) atoms. The molecule has 0 unspecified atom stereocenters. The number of pyridine rings is 1. The third kappa shape index (κ3) is 2.79. The summed E-state index contributed by atoms with van der Waals surface area (Å²) in [5.41, 5.74) is 5.08. The molecule has 0 atom stereocenters. The standard InChI is InChI=1S/C22H16N4O/c27-22-20-3-1-2-4-21(20)24-15-26(22)12-16-5-7-17(8-6-16)18-9-10-19-11-23-14-25(19)13-18/h1-11,13-15H,12H2. The summed E-state index contributed by atoms with van der Waals surface area (Å²) in [6.45, 7) is 0.498. The van der Waals surface area contributed by atoms with Crippen molar-refractivity contribution < 1.29 is 0 Å². The average molecular weight is 352 g/mol. The molecule has 3 heterocycles. The molecule has 5 aromatic rings. The van der Waals surface area contributed by atoms with E-state index < -0.39 is 0 Å². The van der Waals surface area contributed by atoms with E-state index in [1.54, 1.807) is 17.2 Å². The Kier molecular flexibility index (Phi) is 3.57. The number of rotatable bonds is 3. The zero-order chi connectivity index (χ0) is 18.2. The largest absolute Gasteiger partial charge is 0.306 e. The van der Waals surface area contributed by atoms with Gasteiger partial charge in [-0.2, -0.15) is 0 Å². The molecule has 0 radical (unpaired) electrons. The fraction of sp³-hybridized carbons (Fsp3) is 0.0455. The highest BCUT2D eigenvalue weighted by molar-refractivity contribution is 5.76. The van der Waals surface area contributed by atoms with E-state index in [-0.39, 0.29) is 5.56 Å². The number of fused-ring (bicyclic) bond motifs is 2. The maximum absolute atomic E-state index is 12.6. The van der Waals surface area contributed by atoms with E-state index >= 15 is 0 Å². The molecule has 0 saturated carbocycles. The number of hydrogen-bond acceptors (Lipinski definition) is 3. The smallest absolute Gasteiger partial charge is 0.261 e. The lowest BCUT2D eigenvalue weighted by Crippen LogP contribution is -2.21. The predicted octanol–water partition coefficient (Wildman–Crippen LogP) is 3.76. The van der Waals surface area contributed by atoms with Crippen LogP contribution >= 0.6 is 0 Å². The number of benzene rings is 2. The predicted molar refractivity (Wildman–Crippen MR) is 106 cm³/mol. The van der Waals surface area contributed by atoms with Crippen molar-refractivity contribution in [3.63, 3.8) is 0 Å². The molecular weight excluding hydrogens is 336 g/mol. The highest BCUT2D eigenvalue weighted by atomic mass is 16.1. The summed E-state index contributed by atoms with van der Waals surface area (Å²) in [5, 5.41) is 0.644. The van der Waals surface area contributed by atoms with Gasteiger partial charge < -0.3 is 4.40 Å². The quantitative estimate of drug-likeness (QED) is 0.497. The first-order chi connectivity index (χ1) is 13.3. The van der Waals surface area contributed by atoms with Crippen molar-refractivity contribution in [2.45, 2.75) is 6.54 Å². The minimum Gasteiger partial charge on any atom is -0.306 e. The van der Waals surface area contributed by atoms with Gasteiger partial charge in [0.15, 0.2) is 0 Å². The Balaban J connectivity index is 1.45. The lowest BCUT2D eigenvalue weighted by Gasteiger charge is -2.08. The third-order valence-corrected chi connectivity index (χ3v) is 4.78. The maximum Gasteiger partial charge on any atom is 0.261 e. The second-order valence-electron chi connectivity index (χ2n) is 6.54. The molecule has 0 aliphatic heterocycles. The first-order valence-corrected chi connectivity index (χ1v) is 8.73. The third-order valence-electron chi connectivity index (χ3n) is 4.78. The molecule has 3 aromatic heterocycles. The summed E-state index contributed by atoms with van der Waals surface area (Å²) >= 11 is 0. The molecular formula is C22H16N4O. The fourth-order valence-electron chi connectivity index (χ4n) is 3.31. The van der Waals surface area contributed by atoms with Crippen molar-refractivity contribution in [1.82, 2.24) is 18.9 Å². The van der Waals surface area contributed by atoms with E-state index in [2.05, 4.69) is 52.6 Å². The van der Waals surface area contributed by atoms with Crippen LogP contribution in [0.5, 0.6) is 0 Å². The number of nitrogens with zero attached hydrogens (tertiary/aromatic N) is 4. The highest BCUT2D eigenvalue weighted by Gasteiger charge is 2.05. The Morgan fingerprint density at radius 2 is 1.67 bits per heavy atom. The second kappa shape index (κ2) is 6.21. The molecule has 0 aliphatic rings. The molecule has 0 amide bonds. The van der Waals surface area contributed by atoms with Gasteiger partial charge in [0.25, 0.3) is 5.56 Å². The van der Waals surface area contributed by atoms with Gasteiger partial charge >= 0.3 is 0 Å². The lowest BCUT2D eigenvalue weighted by atomic mass is 10.1. The molecule has 0 spiro atoms. The maximum atomic E-state index is 12.6. The lowest BCUT2D eigenvalue weighted by molar-refractivity contribution is 0.748. The number of hydrogen-bond donors (Lipinski definition) is 0. The summed E-state index contributed by atoms with van der Waals surface area (Å²) in [4.78, 5) is 21.2. The van der Waals surface area contributed by atoms with Gasteiger partial charge in [-0.3, -0.25) is 9.36 Å². The molecule has 130 valence electrons. The topological polar surface area (TPSA) is 52.2 Å². The Morgan fingerprint density at radius 3 is 2.56 bits per heavy atom. The first-order valence-electron chi connectivity index (χ1n) is 8.73. The molecule has 5 rings (SSSR count). The number of imidazole rings is 1. The van der Waals surface area contributed by atoms with Crippen LogP contribution < -0.4 is 5.56 Å². The highest BCUT2D eigenvalue weighted by Crippen LogP contribution is 2.21. The van der Waals surface area contributed by atoms with Crippen LogP contribution in [0, 0.1) is 0 Å². The van der Waals surface area contributed by atoms with E-state index in [1.807, 2.05) is 34.9 Å². The van der Waals surface area contributed by atoms with Crippen molar-refractivity contribution in [3.8, 4) is 11.1 Å². The van der Waals surface area contributed by atoms with Gasteiger partial charge in [0.2, 0.25) is 0 Å². The second-order valence-corrected chi connectivity index (χ2v) is 6.54. The van der Waals surface area contributed by atoms with Crippen molar-refractivity contribution in [2.75, 3.05) is 0 Å². The molecule has 2 aromatic carbocycles. The van der Waals surface area contributed by atoms with Crippen LogP contribution in [-0.2, 0) is 6.54 Å². The average Bonchev–Trinajstić information content (AvgIpc) is 3.19. The first kappa shape index (κ1) is 15.5. The Morgan fingerprint density at radius 1 is 0.852 bits per heavy atom. The molecule has 0 fully saturated rings. The van der Waals surface area contributed by atoms with Gasteiger partial charge in [-0.25, -0.2) is 9.97 Å². The summed E-state index contributed by atoms with van der Waals surface area (Å²) in [6, 6.07) is 19.8. The molecule has 5 nitrogen and oxygen atoms in total. The van der Waals surface area contributed by atoms with E-state index in [0.29, 0.717) is 11.9 Å². The van der Waals surface area contributed by atoms with Crippen molar-refractivity contribution in [1.29, 1.82) is 0 Å². The monoisotopic (exact) mass is 352 g/mol. The fourth-order valence-corrected chi connectivity index (χ4v) is 3.31. The van der Waals surface area contributed by atoms with Crippen LogP contribution in [0.15, 0.2) is 90.5 Å².